The summed E-state index contributed by atoms with van der Waals surface area (Å²) in [4.78, 5) is 32.6. The quantitative estimate of drug-likeness (QED) is 0.218. The number of carbonyl (C=O) groups is 3. The number of amides is 1. The van der Waals surface area contributed by atoms with Crippen molar-refractivity contribution in [1.29, 1.82) is 0 Å². The second-order valence-corrected chi connectivity index (χ2v) is 5.95. The molecule has 0 heterocycles. The van der Waals surface area contributed by atoms with Crippen LogP contribution in [0.5, 0.6) is 0 Å². The summed E-state index contributed by atoms with van der Waals surface area (Å²) >= 11 is 0. The van der Waals surface area contributed by atoms with E-state index in [0.717, 1.165) is 19.3 Å². The number of nitrogens with one attached hydrogen (secondary N) is 1. The van der Waals surface area contributed by atoms with E-state index in [1.807, 2.05) is 0 Å². The molecule has 26 heavy (non-hydrogen) atoms. The molecule has 0 aromatic carbocycles. The van der Waals surface area contributed by atoms with Gasteiger partial charge >= 0.3 is 59.1 Å². The molecule has 0 aromatic heterocycles. The van der Waals surface area contributed by atoms with Gasteiger partial charge in [-0.15, -0.1) is 0 Å². The molecule has 0 radical (unpaired) electrons. The van der Waals surface area contributed by atoms with Crippen molar-refractivity contribution in [2.24, 2.45) is 0 Å². The van der Waals surface area contributed by atoms with Crippen LogP contribution >= 0.6 is 0 Å². The molecule has 0 aliphatic carbocycles. The van der Waals surface area contributed by atoms with Crippen LogP contribution in [-0.4, -0.2) is 29.4 Å². The number of carboxylic acids is 2. The van der Waals surface area contributed by atoms with Gasteiger partial charge in [-0.05, 0) is 6.42 Å². The maximum absolute atomic E-state index is 11.6. The Hall–Kier alpha value is 0.370. The van der Waals surface area contributed by atoms with Crippen molar-refractivity contribution in [3.8, 4) is 0 Å². The maximum atomic E-state index is 11.6. The second kappa shape index (κ2) is 23.4. The summed E-state index contributed by atoms with van der Waals surface area (Å²) in [5.41, 5.74) is 0. The minimum atomic E-state index is -1.61. The van der Waals surface area contributed by atoms with Crippen LogP contribution in [0.1, 0.15) is 84.0 Å². The molecule has 142 valence electrons. The van der Waals surface area contributed by atoms with E-state index in [-0.39, 0.29) is 71.0 Å². The van der Waals surface area contributed by atoms with Crippen molar-refractivity contribution in [2.75, 3.05) is 0 Å². The molecule has 0 saturated heterocycles. The number of aliphatic carboxylic acids is 2. The average Bonchev–Trinajstić information content (AvgIpc) is 2.48. The van der Waals surface area contributed by atoms with E-state index in [4.69, 9.17) is 0 Å². The fourth-order valence-corrected chi connectivity index (χ4v) is 2.40. The minimum absolute atomic E-state index is 0. The van der Waals surface area contributed by atoms with E-state index < -0.39 is 30.3 Å². The minimum Gasteiger partial charge on any atom is -0.550 e. The van der Waals surface area contributed by atoms with Gasteiger partial charge in [0.25, 0.3) is 0 Å². The topological polar surface area (TPSA) is 141 Å². The first-order chi connectivity index (χ1) is 11.0. The van der Waals surface area contributed by atoms with Gasteiger partial charge in [0.05, 0.1) is 12.0 Å². The first kappa shape index (κ1) is 33.9. The first-order valence-electron chi connectivity index (χ1n) is 8.67. The standard InChI is InChI=1S/C17H31NO5.2Na.H2O/c1-2-3-4-5-6-7-8-9-10-11-12-15(19)18-14(17(22)23)13-16(20)21;;;/h14H,2-13H2,1H3,(H,18,19)(H,20,21)(H,22,23);;;1H2/q;2*+1;/p-2/t14-;;;/m0.../s1. The van der Waals surface area contributed by atoms with Crippen LogP contribution in [0.15, 0.2) is 0 Å². The molecule has 0 fully saturated rings. The Bertz CT molecular complexity index is 369. The predicted molar refractivity (Wildman–Crippen MR) is 86.6 cm³/mol. The molecule has 0 aliphatic heterocycles. The van der Waals surface area contributed by atoms with E-state index >= 15 is 0 Å². The van der Waals surface area contributed by atoms with Crippen LogP contribution in [0, 0.1) is 0 Å². The number of hydrogen-bond donors (Lipinski definition) is 1. The average molecular weight is 391 g/mol. The van der Waals surface area contributed by atoms with Gasteiger partial charge in [-0.3, -0.25) is 4.79 Å². The molecule has 0 aliphatic rings. The molecule has 0 aromatic rings. The molecular weight excluding hydrogens is 360 g/mol. The van der Waals surface area contributed by atoms with Crippen LogP contribution < -0.4 is 74.6 Å². The normalized spacial score (nSPS) is 10.5. The van der Waals surface area contributed by atoms with E-state index in [1.165, 1.54) is 38.5 Å². The molecule has 9 heteroatoms. The molecule has 3 N–H and O–H groups in total. The van der Waals surface area contributed by atoms with Gasteiger partial charge in [-0.2, -0.15) is 0 Å². The van der Waals surface area contributed by atoms with Crippen LogP contribution in [-0.2, 0) is 14.4 Å². The maximum Gasteiger partial charge on any atom is 1.00 e. The number of carboxylic acid groups (broad SMARTS) is 2. The van der Waals surface area contributed by atoms with Crippen LogP contribution in [0.25, 0.3) is 0 Å². The zero-order chi connectivity index (χ0) is 17.5. The Kier molecular flexibility index (Phi) is 30.5. The predicted octanol–water partition coefficient (Wildman–Crippen LogP) is -6.14. The van der Waals surface area contributed by atoms with Crippen molar-refractivity contribution in [3.05, 3.63) is 0 Å². The summed E-state index contributed by atoms with van der Waals surface area (Å²) in [6.45, 7) is 2.20. The number of unbranched alkanes of at least 4 members (excludes halogenated alkanes) is 9. The van der Waals surface area contributed by atoms with Crippen LogP contribution in [0.4, 0.5) is 0 Å². The number of rotatable bonds is 15. The van der Waals surface area contributed by atoms with Crippen molar-refractivity contribution in [1.82, 2.24) is 5.32 Å². The van der Waals surface area contributed by atoms with Crippen molar-refractivity contribution >= 4 is 17.8 Å². The third kappa shape index (κ3) is 22.4. The van der Waals surface area contributed by atoms with E-state index in [0.29, 0.717) is 6.42 Å². The van der Waals surface area contributed by atoms with Gasteiger partial charge < -0.3 is 30.6 Å². The fourth-order valence-electron chi connectivity index (χ4n) is 2.40. The zero-order valence-electron chi connectivity index (χ0n) is 16.6. The molecule has 0 bridgehead atoms. The van der Waals surface area contributed by atoms with E-state index in [1.54, 1.807) is 0 Å². The largest absolute Gasteiger partial charge is 1.00 e. The summed E-state index contributed by atoms with van der Waals surface area (Å²) in [5, 5.41) is 23.2. The Morgan fingerprint density at radius 2 is 1.23 bits per heavy atom. The molecule has 1 amide bonds. The summed E-state index contributed by atoms with van der Waals surface area (Å²) in [7, 11) is 0. The van der Waals surface area contributed by atoms with Gasteiger partial charge in [0.2, 0.25) is 5.91 Å². The van der Waals surface area contributed by atoms with Gasteiger partial charge in [0.1, 0.15) is 0 Å². The molecule has 0 rings (SSSR count). The van der Waals surface area contributed by atoms with Crippen molar-refractivity contribution in [3.63, 3.8) is 0 Å². The summed E-state index contributed by atoms with van der Waals surface area (Å²) in [6.07, 6.45) is 10.9. The third-order valence-electron chi connectivity index (χ3n) is 3.75. The number of carbonyl (C=O) groups excluding carboxylic acids is 3. The van der Waals surface area contributed by atoms with Gasteiger partial charge in [-0.1, -0.05) is 64.7 Å². The summed E-state index contributed by atoms with van der Waals surface area (Å²) in [5.74, 6) is -3.59. The Morgan fingerprint density at radius 1 is 0.808 bits per heavy atom. The van der Waals surface area contributed by atoms with Gasteiger partial charge in [0, 0.05) is 18.8 Å². The van der Waals surface area contributed by atoms with E-state index in [9.17, 15) is 24.6 Å². The fraction of sp³-hybridized carbons (Fsp3) is 0.824. The molecular formula is C17H31NNa2O6. The van der Waals surface area contributed by atoms with Crippen LogP contribution in [0.3, 0.4) is 0 Å². The van der Waals surface area contributed by atoms with E-state index in [2.05, 4.69) is 12.2 Å². The third-order valence-corrected chi connectivity index (χ3v) is 3.75. The molecule has 7 nitrogen and oxygen atoms in total. The monoisotopic (exact) mass is 391 g/mol. The zero-order valence-corrected chi connectivity index (χ0v) is 20.6. The summed E-state index contributed by atoms with van der Waals surface area (Å²) in [6, 6.07) is -1.52. The first-order valence-corrected chi connectivity index (χ1v) is 8.67. The molecule has 0 saturated carbocycles. The molecule has 1 atom stereocenters. The second-order valence-electron chi connectivity index (χ2n) is 5.95. The molecule has 0 spiro atoms. The summed E-state index contributed by atoms with van der Waals surface area (Å²) < 4.78 is 0. The number of hydrogen-bond acceptors (Lipinski definition) is 5. The Labute approximate surface area is 201 Å². The van der Waals surface area contributed by atoms with Gasteiger partial charge in [0.15, 0.2) is 0 Å². The Balaban J connectivity index is -0.000000807. The Morgan fingerprint density at radius 3 is 1.62 bits per heavy atom. The molecule has 0 unspecified atom stereocenters. The van der Waals surface area contributed by atoms with Crippen LogP contribution in [0.2, 0.25) is 0 Å². The van der Waals surface area contributed by atoms with Crippen molar-refractivity contribution < 1.29 is 89.2 Å². The van der Waals surface area contributed by atoms with Gasteiger partial charge in [-0.25, -0.2) is 0 Å². The smallest absolute Gasteiger partial charge is 0.550 e. The SMILES string of the molecule is CCCCCCCCCCCCC(=O)N[C@@H](CC(=O)[O-])C(=O)[O-].O.[Na+].[Na+]. The van der Waals surface area contributed by atoms with Crippen molar-refractivity contribution in [2.45, 2.75) is 90.0 Å².